The van der Waals surface area contributed by atoms with Gasteiger partial charge in [0.25, 0.3) is 5.56 Å². The summed E-state index contributed by atoms with van der Waals surface area (Å²) in [6.07, 6.45) is 3.36. The molecule has 0 spiro atoms. The molecule has 2 aromatic heterocycles. The minimum atomic E-state index is -0.134. The van der Waals surface area contributed by atoms with Crippen molar-refractivity contribution in [2.24, 2.45) is 0 Å². The van der Waals surface area contributed by atoms with E-state index in [9.17, 15) is 4.79 Å². The molecule has 0 radical (unpaired) electrons. The van der Waals surface area contributed by atoms with E-state index in [0.29, 0.717) is 5.52 Å². The molecule has 0 saturated carbocycles. The van der Waals surface area contributed by atoms with Crippen molar-refractivity contribution < 1.29 is 0 Å². The fraction of sp³-hybridized carbons (Fsp3) is 0.400. The van der Waals surface area contributed by atoms with E-state index < -0.39 is 0 Å². The molecule has 14 heavy (non-hydrogen) atoms. The van der Waals surface area contributed by atoms with E-state index >= 15 is 0 Å². The highest BCUT2D eigenvalue weighted by Gasteiger charge is 2.16. The molecule has 2 rings (SSSR count). The van der Waals surface area contributed by atoms with Crippen molar-refractivity contribution in [2.45, 2.75) is 26.3 Å². The molecule has 0 amide bonds. The standard InChI is InChI=1S/C10H13N3O/c1-10(2,3)13-6-12-8-7(13)4-5-11-9(8)14/h4-6H,1-3H3,(H,11,14). The Bertz CT molecular complexity index is 516. The first-order valence-corrected chi connectivity index (χ1v) is 4.55. The number of pyridine rings is 1. The van der Waals surface area contributed by atoms with Crippen LogP contribution in [0.25, 0.3) is 11.0 Å². The second kappa shape index (κ2) is 2.70. The minimum absolute atomic E-state index is 0.0530. The molecule has 74 valence electrons. The molecule has 0 saturated heterocycles. The van der Waals surface area contributed by atoms with E-state index in [1.54, 1.807) is 12.5 Å². The smallest absolute Gasteiger partial charge is 0.276 e. The zero-order chi connectivity index (χ0) is 10.3. The topological polar surface area (TPSA) is 50.7 Å². The van der Waals surface area contributed by atoms with Gasteiger partial charge in [-0.25, -0.2) is 4.98 Å². The van der Waals surface area contributed by atoms with E-state index in [1.165, 1.54) is 0 Å². The molecular weight excluding hydrogens is 178 g/mol. The zero-order valence-corrected chi connectivity index (χ0v) is 8.53. The average molecular weight is 191 g/mol. The molecule has 2 aromatic rings. The summed E-state index contributed by atoms with van der Waals surface area (Å²) < 4.78 is 2.00. The van der Waals surface area contributed by atoms with Gasteiger partial charge in [0, 0.05) is 11.7 Å². The Kier molecular flexibility index (Phi) is 1.74. The summed E-state index contributed by atoms with van der Waals surface area (Å²) in [4.78, 5) is 18.1. The Morgan fingerprint density at radius 1 is 1.43 bits per heavy atom. The van der Waals surface area contributed by atoms with Gasteiger partial charge in [-0.1, -0.05) is 0 Å². The van der Waals surface area contributed by atoms with Crippen LogP contribution in [0, 0.1) is 0 Å². The predicted molar refractivity (Wildman–Crippen MR) is 55.3 cm³/mol. The third kappa shape index (κ3) is 1.23. The molecule has 0 aliphatic heterocycles. The lowest BCUT2D eigenvalue weighted by atomic mass is 10.1. The third-order valence-electron chi connectivity index (χ3n) is 2.20. The number of rotatable bonds is 0. The van der Waals surface area contributed by atoms with E-state index in [0.717, 1.165) is 5.52 Å². The second-order valence-corrected chi connectivity index (χ2v) is 4.33. The van der Waals surface area contributed by atoms with Gasteiger partial charge < -0.3 is 9.55 Å². The van der Waals surface area contributed by atoms with Gasteiger partial charge in [-0.05, 0) is 26.8 Å². The number of nitrogens with one attached hydrogen (secondary N) is 1. The Hall–Kier alpha value is -1.58. The molecule has 2 heterocycles. The SMILES string of the molecule is CC(C)(C)n1cnc2c(=O)[nH]ccc21. The number of nitrogens with zero attached hydrogens (tertiary/aromatic N) is 2. The van der Waals surface area contributed by atoms with Crippen LogP contribution < -0.4 is 5.56 Å². The van der Waals surface area contributed by atoms with Crippen molar-refractivity contribution in [2.75, 3.05) is 0 Å². The van der Waals surface area contributed by atoms with Crippen molar-refractivity contribution in [3.05, 3.63) is 28.9 Å². The third-order valence-corrected chi connectivity index (χ3v) is 2.20. The van der Waals surface area contributed by atoms with Crippen molar-refractivity contribution in [1.29, 1.82) is 0 Å². The highest BCUT2D eigenvalue weighted by Crippen LogP contribution is 2.19. The second-order valence-electron chi connectivity index (χ2n) is 4.33. The number of aromatic amines is 1. The van der Waals surface area contributed by atoms with E-state index in [1.807, 2.05) is 10.6 Å². The van der Waals surface area contributed by atoms with Crippen LogP contribution in [0.2, 0.25) is 0 Å². The van der Waals surface area contributed by atoms with Crippen LogP contribution >= 0.6 is 0 Å². The van der Waals surface area contributed by atoms with Crippen LogP contribution in [-0.4, -0.2) is 14.5 Å². The highest BCUT2D eigenvalue weighted by atomic mass is 16.1. The minimum Gasteiger partial charge on any atom is -0.327 e. The number of H-pyrrole nitrogens is 1. The summed E-state index contributed by atoms with van der Waals surface area (Å²) >= 11 is 0. The molecule has 0 fully saturated rings. The molecule has 4 heteroatoms. The fourth-order valence-corrected chi connectivity index (χ4v) is 1.49. The van der Waals surface area contributed by atoms with Gasteiger partial charge in [-0.15, -0.1) is 0 Å². The Labute approximate surface area is 81.6 Å². The summed E-state index contributed by atoms with van der Waals surface area (Å²) in [5, 5.41) is 0. The first-order valence-electron chi connectivity index (χ1n) is 4.55. The fourth-order valence-electron chi connectivity index (χ4n) is 1.49. The van der Waals surface area contributed by atoms with Crippen LogP contribution in [0.4, 0.5) is 0 Å². The highest BCUT2D eigenvalue weighted by molar-refractivity contribution is 5.73. The lowest BCUT2D eigenvalue weighted by Crippen LogP contribution is -2.20. The van der Waals surface area contributed by atoms with Gasteiger partial charge in [-0.2, -0.15) is 0 Å². The molecular formula is C10H13N3O. The molecule has 0 aromatic carbocycles. The number of fused-ring (bicyclic) bond motifs is 1. The monoisotopic (exact) mass is 191 g/mol. The van der Waals surface area contributed by atoms with E-state index in [-0.39, 0.29) is 11.1 Å². The molecule has 0 aliphatic carbocycles. The van der Waals surface area contributed by atoms with Crippen LogP contribution in [0.5, 0.6) is 0 Å². The van der Waals surface area contributed by atoms with Crippen molar-refractivity contribution in [3.8, 4) is 0 Å². The zero-order valence-electron chi connectivity index (χ0n) is 8.53. The maximum Gasteiger partial charge on any atom is 0.276 e. The van der Waals surface area contributed by atoms with Crippen LogP contribution in [-0.2, 0) is 5.54 Å². The van der Waals surface area contributed by atoms with Gasteiger partial charge in [0.15, 0.2) is 5.52 Å². The molecule has 0 aliphatic rings. The summed E-state index contributed by atoms with van der Waals surface area (Å²) in [5.74, 6) is 0. The largest absolute Gasteiger partial charge is 0.327 e. The van der Waals surface area contributed by atoms with Gasteiger partial charge >= 0.3 is 0 Å². The maximum absolute atomic E-state index is 11.4. The molecule has 1 N–H and O–H groups in total. The van der Waals surface area contributed by atoms with E-state index in [2.05, 4.69) is 30.7 Å². The summed E-state index contributed by atoms with van der Waals surface area (Å²) in [6, 6.07) is 1.87. The summed E-state index contributed by atoms with van der Waals surface area (Å²) in [6.45, 7) is 6.24. The lowest BCUT2D eigenvalue weighted by Gasteiger charge is -2.21. The van der Waals surface area contributed by atoms with Gasteiger partial charge in [0.2, 0.25) is 0 Å². The quantitative estimate of drug-likeness (QED) is 0.685. The van der Waals surface area contributed by atoms with Crippen molar-refractivity contribution in [1.82, 2.24) is 14.5 Å². The maximum atomic E-state index is 11.4. The van der Waals surface area contributed by atoms with Crippen molar-refractivity contribution >= 4 is 11.0 Å². The van der Waals surface area contributed by atoms with Gasteiger partial charge in [0.1, 0.15) is 0 Å². The molecule has 0 unspecified atom stereocenters. The predicted octanol–water partition coefficient (Wildman–Crippen LogP) is 1.48. The average Bonchev–Trinajstić information content (AvgIpc) is 2.47. The van der Waals surface area contributed by atoms with Gasteiger partial charge in [-0.3, -0.25) is 4.79 Å². The number of imidazole rings is 1. The molecule has 0 bridgehead atoms. The number of hydrogen-bond donors (Lipinski definition) is 1. The van der Waals surface area contributed by atoms with Crippen molar-refractivity contribution in [3.63, 3.8) is 0 Å². The normalized spacial score (nSPS) is 12.2. The van der Waals surface area contributed by atoms with Crippen LogP contribution in [0.1, 0.15) is 20.8 Å². The molecule has 4 nitrogen and oxygen atoms in total. The first-order chi connectivity index (χ1) is 6.50. The Morgan fingerprint density at radius 2 is 2.14 bits per heavy atom. The summed E-state index contributed by atoms with van der Waals surface area (Å²) in [7, 11) is 0. The lowest BCUT2D eigenvalue weighted by molar-refractivity contribution is 0.408. The Morgan fingerprint density at radius 3 is 2.79 bits per heavy atom. The van der Waals surface area contributed by atoms with Crippen LogP contribution in [0.15, 0.2) is 23.4 Å². The Balaban J connectivity index is 2.83. The first kappa shape index (κ1) is 8.99. The van der Waals surface area contributed by atoms with Crippen LogP contribution in [0.3, 0.4) is 0 Å². The summed E-state index contributed by atoms with van der Waals surface area (Å²) in [5.41, 5.74) is 1.19. The van der Waals surface area contributed by atoms with Gasteiger partial charge in [0.05, 0.1) is 11.8 Å². The van der Waals surface area contributed by atoms with E-state index in [4.69, 9.17) is 0 Å². The molecule has 0 atom stereocenters. The number of hydrogen-bond acceptors (Lipinski definition) is 2. The number of aromatic nitrogens is 3.